The van der Waals surface area contributed by atoms with E-state index in [1.54, 1.807) is 11.3 Å². The van der Waals surface area contributed by atoms with Crippen LogP contribution in [0.4, 0.5) is 0 Å². The molecule has 2 rings (SSSR count). The Balaban J connectivity index is 2.11. The lowest BCUT2D eigenvalue weighted by atomic mass is 10.1. The smallest absolute Gasteiger partial charge is 0.327 e. The van der Waals surface area contributed by atoms with E-state index in [0.29, 0.717) is 13.2 Å². The van der Waals surface area contributed by atoms with Crippen molar-refractivity contribution in [3.63, 3.8) is 0 Å². The quantitative estimate of drug-likeness (QED) is 0.800. The predicted molar refractivity (Wildman–Crippen MR) is 84.7 cm³/mol. The third-order valence-electron chi connectivity index (χ3n) is 2.79. The zero-order valence-electron chi connectivity index (χ0n) is 11.1. The van der Waals surface area contributed by atoms with E-state index in [2.05, 4.69) is 21.2 Å². The summed E-state index contributed by atoms with van der Waals surface area (Å²) in [7, 11) is 0. The minimum absolute atomic E-state index is 0.244. The predicted octanol–water partition coefficient (Wildman–Crippen LogP) is 3.90. The highest BCUT2D eigenvalue weighted by atomic mass is 79.9. The molecular weight excluding hydrogens is 338 g/mol. The summed E-state index contributed by atoms with van der Waals surface area (Å²) in [4.78, 5) is 13.3. The number of carbonyl (C=O) groups excluding carboxylic acids is 1. The van der Waals surface area contributed by atoms with Gasteiger partial charge in [0.1, 0.15) is 6.04 Å². The van der Waals surface area contributed by atoms with Crippen LogP contribution in [0.5, 0.6) is 0 Å². The molecule has 1 aromatic heterocycles. The van der Waals surface area contributed by atoms with Crippen molar-refractivity contribution in [1.82, 2.24) is 5.32 Å². The van der Waals surface area contributed by atoms with Crippen LogP contribution in [-0.4, -0.2) is 12.6 Å². The molecule has 0 saturated heterocycles. The molecule has 1 N–H and O–H groups in total. The van der Waals surface area contributed by atoms with Gasteiger partial charge in [0.15, 0.2) is 0 Å². The highest BCUT2D eigenvalue weighted by Gasteiger charge is 2.21. The van der Waals surface area contributed by atoms with Gasteiger partial charge in [-0.3, -0.25) is 5.32 Å². The second-order valence-electron chi connectivity index (χ2n) is 4.20. The first-order chi connectivity index (χ1) is 9.70. The number of hydrogen-bond donors (Lipinski definition) is 1. The molecule has 20 heavy (non-hydrogen) atoms. The van der Waals surface area contributed by atoms with Crippen LogP contribution in [-0.2, 0) is 16.1 Å². The molecule has 2 aromatic rings. The van der Waals surface area contributed by atoms with Gasteiger partial charge in [-0.2, -0.15) is 0 Å². The van der Waals surface area contributed by atoms with Crippen LogP contribution in [0.2, 0.25) is 0 Å². The Labute approximate surface area is 131 Å². The van der Waals surface area contributed by atoms with Gasteiger partial charge in [0.25, 0.3) is 0 Å². The lowest BCUT2D eigenvalue weighted by Crippen LogP contribution is -2.29. The van der Waals surface area contributed by atoms with Crippen LogP contribution in [0.15, 0.2) is 46.3 Å². The van der Waals surface area contributed by atoms with E-state index in [9.17, 15) is 4.79 Å². The molecule has 0 fully saturated rings. The monoisotopic (exact) mass is 353 g/mol. The van der Waals surface area contributed by atoms with Crippen LogP contribution >= 0.6 is 27.3 Å². The average Bonchev–Trinajstić information content (AvgIpc) is 2.94. The van der Waals surface area contributed by atoms with Crippen molar-refractivity contribution >= 4 is 33.2 Å². The Kier molecular flexibility index (Phi) is 5.76. The minimum atomic E-state index is -0.440. The van der Waals surface area contributed by atoms with Crippen LogP contribution in [0.25, 0.3) is 0 Å². The molecule has 0 saturated carbocycles. The van der Waals surface area contributed by atoms with Crippen molar-refractivity contribution < 1.29 is 9.53 Å². The van der Waals surface area contributed by atoms with E-state index in [0.717, 1.165) is 10.0 Å². The van der Waals surface area contributed by atoms with Crippen molar-refractivity contribution in [3.8, 4) is 0 Å². The third-order valence-corrected chi connectivity index (χ3v) is 4.19. The first-order valence-electron chi connectivity index (χ1n) is 6.38. The van der Waals surface area contributed by atoms with E-state index >= 15 is 0 Å². The first kappa shape index (κ1) is 15.2. The molecule has 1 heterocycles. The van der Waals surface area contributed by atoms with Gasteiger partial charge in [0.2, 0.25) is 0 Å². The fraction of sp³-hybridized carbons (Fsp3) is 0.267. The fourth-order valence-electron chi connectivity index (χ4n) is 1.83. The van der Waals surface area contributed by atoms with Gasteiger partial charge in [-0.05, 0) is 36.1 Å². The first-order valence-corrected chi connectivity index (χ1v) is 8.06. The maximum atomic E-state index is 12.1. The van der Waals surface area contributed by atoms with Crippen molar-refractivity contribution in [2.75, 3.05) is 6.61 Å². The molecule has 0 bridgehead atoms. The highest BCUT2D eigenvalue weighted by molar-refractivity contribution is 9.10. The van der Waals surface area contributed by atoms with Crippen molar-refractivity contribution in [3.05, 3.63) is 56.7 Å². The Hall–Kier alpha value is -1.17. The molecule has 1 unspecified atom stereocenters. The Bertz CT molecular complexity index is 540. The second kappa shape index (κ2) is 7.57. The number of ether oxygens (including phenoxy) is 1. The second-order valence-corrected chi connectivity index (χ2v) is 6.14. The number of thiophene rings is 1. The number of hydrogen-bond acceptors (Lipinski definition) is 4. The Morgan fingerprint density at radius 1 is 1.35 bits per heavy atom. The van der Waals surface area contributed by atoms with Gasteiger partial charge in [-0.15, -0.1) is 11.3 Å². The lowest BCUT2D eigenvalue weighted by Gasteiger charge is -2.17. The van der Waals surface area contributed by atoms with Crippen LogP contribution in [0, 0.1) is 0 Å². The van der Waals surface area contributed by atoms with E-state index in [-0.39, 0.29) is 5.97 Å². The largest absolute Gasteiger partial charge is 0.465 e. The number of benzene rings is 1. The van der Waals surface area contributed by atoms with Crippen LogP contribution in [0.3, 0.4) is 0 Å². The average molecular weight is 354 g/mol. The maximum Gasteiger partial charge on any atom is 0.327 e. The van der Waals surface area contributed by atoms with Gasteiger partial charge in [-0.1, -0.05) is 34.1 Å². The number of esters is 1. The molecule has 0 aliphatic rings. The summed E-state index contributed by atoms with van der Waals surface area (Å²) in [6, 6.07) is 11.3. The molecule has 1 atom stereocenters. The molecule has 1 aromatic carbocycles. The Morgan fingerprint density at radius 3 is 2.70 bits per heavy atom. The van der Waals surface area contributed by atoms with Crippen LogP contribution in [0.1, 0.15) is 23.4 Å². The van der Waals surface area contributed by atoms with E-state index in [1.807, 2.05) is 48.7 Å². The third kappa shape index (κ3) is 4.16. The molecule has 0 aliphatic heterocycles. The fourth-order valence-corrected chi connectivity index (χ4v) is 2.75. The van der Waals surface area contributed by atoms with Gasteiger partial charge >= 0.3 is 5.97 Å². The molecular formula is C15H16BrNO2S. The summed E-state index contributed by atoms with van der Waals surface area (Å²) >= 11 is 5.06. The van der Waals surface area contributed by atoms with E-state index in [1.165, 1.54) is 4.88 Å². The molecule has 5 heteroatoms. The van der Waals surface area contributed by atoms with Crippen molar-refractivity contribution in [2.45, 2.75) is 19.5 Å². The summed E-state index contributed by atoms with van der Waals surface area (Å²) in [5, 5.41) is 5.29. The zero-order chi connectivity index (χ0) is 14.4. The molecule has 0 amide bonds. The summed E-state index contributed by atoms with van der Waals surface area (Å²) in [6.45, 7) is 2.85. The zero-order valence-corrected chi connectivity index (χ0v) is 13.5. The van der Waals surface area contributed by atoms with Crippen molar-refractivity contribution in [2.24, 2.45) is 0 Å². The van der Waals surface area contributed by atoms with E-state index < -0.39 is 6.04 Å². The number of rotatable bonds is 6. The molecule has 0 spiro atoms. The summed E-state index contributed by atoms with van der Waals surface area (Å²) in [6.07, 6.45) is 0. The number of nitrogens with one attached hydrogen (secondary N) is 1. The van der Waals surface area contributed by atoms with Crippen LogP contribution < -0.4 is 5.32 Å². The minimum Gasteiger partial charge on any atom is -0.465 e. The molecule has 3 nitrogen and oxygen atoms in total. The molecule has 0 radical (unpaired) electrons. The number of halogens is 1. The molecule has 0 aliphatic carbocycles. The maximum absolute atomic E-state index is 12.1. The normalized spacial score (nSPS) is 12.1. The van der Waals surface area contributed by atoms with Gasteiger partial charge in [0, 0.05) is 15.9 Å². The van der Waals surface area contributed by atoms with Gasteiger partial charge in [0.05, 0.1) is 6.61 Å². The summed E-state index contributed by atoms with van der Waals surface area (Å²) in [5.74, 6) is -0.244. The number of carbonyl (C=O) groups is 1. The van der Waals surface area contributed by atoms with Crippen molar-refractivity contribution in [1.29, 1.82) is 0 Å². The summed E-state index contributed by atoms with van der Waals surface area (Å²) in [5.41, 5.74) is 0.906. The highest BCUT2D eigenvalue weighted by Crippen LogP contribution is 2.19. The topological polar surface area (TPSA) is 38.3 Å². The summed E-state index contributed by atoms with van der Waals surface area (Å²) < 4.78 is 6.14. The molecule has 106 valence electrons. The van der Waals surface area contributed by atoms with E-state index in [4.69, 9.17) is 4.74 Å². The Morgan fingerprint density at radius 2 is 2.10 bits per heavy atom. The van der Waals surface area contributed by atoms with Gasteiger partial charge in [-0.25, -0.2) is 4.79 Å². The lowest BCUT2D eigenvalue weighted by molar-refractivity contribution is -0.145. The SMILES string of the molecule is CCOC(=O)C(NCc1cccs1)c1ccc(Br)cc1. The van der Waals surface area contributed by atoms with Gasteiger partial charge < -0.3 is 4.74 Å². The standard InChI is InChI=1S/C15H16BrNO2S/c1-2-19-15(18)14(11-5-7-12(16)8-6-11)17-10-13-4-3-9-20-13/h3-9,14,17H,2,10H2,1H3.